The van der Waals surface area contributed by atoms with Crippen LogP contribution in [0.2, 0.25) is 0 Å². The van der Waals surface area contributed by atoms with Gasteiger partial charge in [0.15, 0.2) is 0 Å². The molecule has 88 valence electrons. The second kappa shape index (κ2) is 6.11. The Kier molecular flexibility index (Phi) is 5.09. The summed E-state index contributed by atoms with van der Waals surface area (Å²) in [5, 5.41) is 0. The minimum Gasteiger partial charge on any atom is -0.343 e. The highest BCUT2D eigenvalue weighted by atomic mass is 16.2. The Bertz CT molecular complexity index is 204. The fraction of sp³-hybridized carbons (Fsp3) is 0.917. The maximum Gasteiger partial charge on any atom is 0.224 e. The SMILES string of the molecule is CCC1CCCN(C(=O)CC(C)N)CC1. The van der Waals surface area contributed by atoms with Crippen LogP contribution in [0.1, 0.15) is 46.0 Å². The summed E-state index contributed by atoms with van der Waals surface area (Å²) in [7, 11) is 0. The van der Waals surface area contributed by atoms with Crippen LogP contribution in [0.25, 0.3) is 0 Å². The van der Waals surface area contributed by atoms with Crippen molar-refractivity contribution in [2.45, 2.75) is 52.0 Å². The molecule has 0 saturated carbocycles. The molecule has 2 unspecified atom stereocenters. The van der Waals surface area contributed by atoms with Gasteiger partial charge in [-0.05, 0) is 32.1 Å². The smallest absolute Gasteiger partial charge is 0.224 e. The second-order valence-electron chi connectivity index (χ2n) is 4.77. The number of nitrogens with zero attached hydrogens (tertiary/aromatic N) is 1. The Morgan fingerprint density at radius 1 is 1.47 bits per heavy atom. The van der Waals surface area contributed by atoms with Crippen molar-refractivity contribution >= 4 is 5.91 Å². The first kappa shape index (κ1) is 12.5. The number of carbonyl (C=O) groups excluding carboxylic acids is 1. The van der Waals surface area contributed by atoms with Crippen molar-refractivity contribution in [1.29, 1.82) is 0 Å². The van der Waals surface area contributed by atoms with Crippen molar-refractivity contribution in [1.82, 2.24) is 4.90 Å². The van der Waals surface area contributed by atoms with Gasteiger partial charge in [0.1, 0.15) is 0 Å². The average molecular weight is 212 g/mol. The number of rotatable bonds is 3. The molecule has 0 radical (unpaired) electrons. The molecule has 2 N–H and O–H groups in total. The van der Waals surface area contributed by atoms with Crippen molar-refractivity contribution in [3.8, 4) is 0 Å². The van der Waals surface area contributed by atoms with Crippen LogP contribution in [0.15, 0.2) is 0 Å². The molecule has 0 bridgehead atoms. The topological polar surface area (TPSA) is 46.3 Å². The number of amides is 1. The van der Waals surface area contributed by atoms with Crippen LogP contribution in [0.4, 0.5) is 0 Å². The molecule has 15 heavy (non-hydrogen) atoms. The molecule has 0 aromatic heterocycles. The summed E-state index contributed by atoms with van der Waals surface area (Å²) in [6.45, 7) is 6.00. The molecule has 1 fully saturated rings. The van der Waals surface area contributed by atoms with Gasteiger partial charge in [-0.25, -0.2) is 0 Å². The monoisotopic (exact) mass is 212 g/mol. The van der Waals surface area contributed by atoms with E-state index in [-0.39, 0.29) is 11.9 Å². The van der Waals surface area contributed by atoms with E-state index in [0.717, 1.165) is 25.4 Å². The molecule has 0 aromatic carbocycles. The maximum absolute atomic E-state index is 11.8. The van der Waals surface area contributed by atoms with Crippen LogP contribution in [0, 0.1) is 5.92 Å². The number of hydrogen-bond donors (Lipinski definition) is 1. The molecule has 1 aliphatic heterocycles. The Balaban J connectivity index is 2.39. The van der Waals surface area contributed by atoms with Gasteiger partial charge in [0, 0.05) is 25.6 Å². The molecule has 0 aromatic rings. The summed E-state index contributed by atoms with van der Waals surface area (Å²) in [4.78, 5) is 13.8. The van der Waals surface area contributed by atoms with Gasteiger partial charge in [-0.3, -0.25) is 4.79 Å². The van der Waals surface area contributed by atoms with Gasteiger partial charge in [0.2, 0.25) is 5.91 Å². The first-order valence-electron chi connectivity index (χ1n) is 6.16. The van der Waals surface area contributed by atoms with E-state index in [1.165, 1.54) is 19.3 Å². The largest absolute Gasteiger partial charge is 0.343 e. The summed E-state index contributed by atoms with van der Waals surface area (Å²) >= 11 is 0. The second-order valence-corrected chi connectivity index (χ2v) is 4.77. The van der Waals surface area contributed by atoms with Crippen LogP contribution >= 0.6 is 0 Å². The zero-order valence-corrected chi connectivity index (χ0v) is 10.0. The molecule has 0 spiro atoms. The Labute approximate surface area is 93.0 Å². The molecule has 1 amide bonds. The number of likely N-dealkylation sites (tertiary alicyclic amines) is 1. The first-order valence-corrected chi connectivity index (χ1v) is 6.16. The Hall–Kier alpha value is -0.570. The van der Waals surface area contributed by atoms with Gasteiger partial charge in [0.25, 0.3) is 0 Å². The fourth-order valence-electron chi connectivity index (χ4n) is 2.23. The molecule has 1 heterocycles. The third kappa shape index (κ3) is 4.20. The van der Waals surface area contributed by atoms with Gasteiger partial charge in [0.05, 0.1) is 0 Å². The van der Waals surface area contributed by atoms with E-state index in [0.29, 0.717) is 6.42 Å². The summed E-state index contributed by atoms with van der Waals surface area (Å²) in [6.07, 6.45) is 5.34. The van der Waals surface area contributed by atoms with Crippen LogP contribution < -0.4 is 5.73 Å². The van der Waals surface area contributed by atoms with Crippen molar-refractivity contribution in [3.05, 3.63) is 0 Å². The third-order valence-electron chi connectivity index (χ3n) is 3.27. The highest BCUT2D eigenvalue weighted by Gasteiger charge is 2.19. The summed E-state index contributed by atoms with van der Waals surface area (Å²) in [5.74, 6) is 1.06. The fourth-order valence-corrected chi connectivity index (χ4v) is 2.23. The third-order valence-corrected chi connectivity index (χ3v) is 3.27. The average Bonchev–Trinajstić information content (AvgIpc) is 2.41. The van der Waals surface area contributed by atoms with E-state index in [4.69, 9.17) is 5.73 Å². The van der Waals surface area contributed by atoms with E-state index < -0.39 is 0 Å². The quantitative estimate of drug-likeness (QED) is 0.775. The number of hydrogen-bond acceptors (Lipinski definition) is 2. The number of carbonyl (C=O) groups is 1. The lowest BCUT2D eigenvalue weighted by molar-refractivity contribution is -0.131. The van der Waals surface area contributed by atoms with Gasteiger partial charge in [-0.2, -0.15) is 0 Å². The van der Waals surface area contributed by atoms with E-state index in [1.54, 1.807) is 0 Å². The van der Waals surface area contributed by atoms with E-state index in [9.17, 15) is 4.79 Å². The Morgan fingerprint density at radius 2 is 2.20 bits per heavy atom. The summed E-state index contributed by atoms with van der Waals surface area (Å²) in [5.41, 5.74) is 5.65. The molecule has 1 aliphatic rings. The van der Waals surface area contributed by atoms with Gasteiger partial charge in [-0.1, -0.05) is 13.3 Å². The van der Waals surface area contributed by atoms with Crippen LogP contribution in [-0.2, 0) is 4.79 Å². The van der Waals surface area contributed by atoms with Gasteiger partial charge >= 0.3 is 0 Å². The highest BCUT2D eigenvalue weighted by Crippen LogP contribution is 2.20. The molecular formula is C12H24N2O. The molecule has 3 nitrogen and oxygen atoms in total. The predicted molar refractivity (Wildman–Crippen MR) is 62.5 cm³/mol. The van der Waals surface area contributed by atoms with Crippen molar-refractivity contribution in [2.24, 2.45) is 11.7 Å². The van der Waals surface area contributed by atoms with Crippen LogP contribution in [0.5, 0.6) is 0 Å². The standard InChI is InChI=1S/C12H24N2O/c1-3-11-5-4-7-14(8-6-11)12(15)9-10(2)13/h10-11H,3-9,13H2,1-2H3. The van der Waals surface area contributed by atoms with Crippen molar-refractivity contribution in [3.63, 3.8) is 0 Å². The van der Waals surface area contributed by atoms with Gasteiger partial charge in [-0.15, -0.1) is 0 Å². The Morgan fingerprint density at radius 3 is 2.80 bits per heavy atom. The van der Waals surface area contributed by atoms with Gasteiger partial charge < -0.3 is 10.6 Å². The number of nitrogens with two attached hydrogens (primary N) is 1. The van der Waals surface area contributed by atoms with Crippen LogP contribution in [0.3, 0.4) is 0 Å². The molecule has 1 saturated heterocycles. The lowest BCUT2D eigenvalue weighted by Gasteiger charge is -2.21. The zero-order valence-electron chi connectivity index (χ0n) is 10.0. The minimum absolute atomic E-state index is 0.0114. The lowest BCUT2D eigenvalue weighted by atomic mass is 9.98. The maximum atomic E-state index is 11.8. The molecule has 0 aliphatic carbocycles. The van der Waals surface area contributed by atoms with E-state index >= 15 is 0 Å². The normalized spacial score (nSPS) is 24.7. The molecule has 2 atom stereocenters. The zero-order chi connectivity index (χ0) is 11.3. The molecule has 3 heteroatoms. The summed E-state index contributed by atoms with van der Waals surface area (Å²) < 4.78 is 0. The minimum atomic E-state index is -0.0114. The van der Waals surface area contributed by atoms with E-state index in [1.807, 2.05) is 11.8 Å². The lowest BCUT2D eigenvalue weighted by Crippen LogP contribution is -2.35. The molecular weight excluding hydrogens is 188 g/mol. The highest BCUT2D eigenvalue weighted by molar-refractivity contribution is 5.76. The summed E-state index contributed by atoms with van der Waals surface area (Å²) in [6, 6.07) is -0.0114. The van der Waals surface area contributed by atoms with E-state index in [2.05, 4.69) is 6.92 Å². The molecule has 1 rings (SSSR count). The van der Waals surface area contributed by atoms with Crippen molar-refractivity contribution in [2.75, 3.05) is 13.1 Å². The van der Waals surface area contributed by atoms with Crippen molar-refractivity contribution < 1.29 is 4.79 Å². The predicted octanol–water partition coefficient (Wildman–Crippen LogP) is 1.76. The van der Waals surface area contributed by atoms with Crippen LogP contribution in [-0.4, -0.2) is 29.9 Å². The first-order chi connectivity index (χ1) is 7.13.